The molecule has 1 spiro atoms. The second-order valence-corrected chi connectivity index (χ2v) is 5.17. The molecule has 0 N–H and O–H groups in total. The molecule has 3 fully saturated rings. The Balaban J connectivity index is 1.87. The second-order valence-electron chi connectivity index (χ2n) is 3.57. The summed E-state index contributed by atoms with van der Waals surface area (Å²) in [7, 11) is 0. The van der Waals surface area contributed by atoms with E-state index < -0.39 is 5.79 Å². The lowest BCUT2D eigenvalue weighted by molar-refractivity contribution is -0.300. The first kappa shape index (κ1) is 8.84. The Morgan fingerprint density at radius 1 is 1.23 bits per heavy atom. The van der Waals surface area contributed by atoms with Crippen LogP contribution in [0, 0.1) is 0 Å². The van der Waals surface area contributed by atoms with Gasteiger partial charge in [0, 0.05) is 10.3 Å². The molecule has 0 aliphatic carbocycles. The maximum atomic E-state index is 5.67. The van der Waals surface area contributed by atoms with Gasteiger partial charge in [0.1, 0.15) is 0 Å². The average Bonchev–Trinajstić information content (AvgIpc) is 2.67. The van der Waals surface area contributed by atoms with Gasteiger partial charge in [-0.15, -0.1) is 0 Å². The van der Waals surface area contributed by atoms with Gasteiger partial charge in [-0.2, -0.15) is 0 Å². The Labute approximate surface area is 90.0 Å². The molecule has 0 saturated carbocycles. The van der Waals surface area contributed by atoms with Crippen molar-refractivity contribution in [1.29, 1.82) is 0 Å². The van der Waals surface area contributed by atoms with Gasteiger partial charge in [-0.3, -0.25) is 0 Å². The van der Waals surface area contributed by atoms with E-state index in [-0.39, 0.29) is 12.4 Å². The van der Waals surface area contributed by atoms with Crippen LogP contribution in [0.25, 0.3) is 0 Å². The molecule has 0 unspecified atom stereocenters. The Morgan fingerprint density at radius 3 is 2.77 bits per heavy atom. The standard InChI is InChI=1S/C8H11IO4/c9-5-3-8(11-1-2-12-8)7-10-4-6(5)13-7/h5-7H,1-4H2/t5-,6-,7-/m1/s1. The highest BCUT2D eigenvalue weighted by molar-refractivity contribution is 14.1. The Morgan fingerprint density at radius 2 is 2.00 bits per heavy atom. The van der Waals surface area contributed by atoms with Gasteiger partial charge in [0.2, 0.25) is 12.1 Å². The first-order valence-electron chi connectivity index (χ1n) is 4.49. The first-order valence-corrected chi connectivity index (χ1v) is 5.74. The zero-order chi connectivity index (χ0) is 8.89. The minimum absolute atomic E-state index is 0.226. The van der Waals surface area contributed by atoms with E-state index in [1.54, 1.807) is 0 Å². The number of halogens is 1. The lowest BCUT2D eigenvalue weighted by Gasteiger charge is -2.37. The van der Waals surface area contributed by atoms with E-state index in [9.17, 15) is 0 Å². The quantitative estimate of drug-likeness (QED) is 0.487. The van der Waals surface area contributed by atoms with Crippen LogP contribution in [-0.4, -0.2) is 41.9 Å². The lowest BCUT2D eigenvalue weighted by atomic mass is 10.1. The van der Waals surface area contributed by atoms with Gasteiger partial charge in [-0.25, -0.2) is 0 Å². The third-order valence-corrected chi connectivity index (χ3v) is 3.97. The molecular weight excluding hydrogens is 287 g/mol. The minimum Gasteiger partial charge on any atom is -0.345 e. The molecule has 5 heteroatoms. The fraction of sp³-hybridized carbons (Fsp3) is 1.00. The topological polar surface area (TPSA) is 36.9 Å². The molecule has 74 valence electrons. The van der Waals surface area contributed by atoms with Crippen molar-refractivity contribution in [2.24, 2.45) is 0 Å². The molecule has 3 heterocycles. The number of ether oxygens (including phenoxy) is 4. The third kappa shape index (κ3) is 1.25. The summed E-state index contributed by atoms with van der Waals surface area (Å²) in [5, 5.41) is 0. The van der Waals surface area contributed by atoms with Gasteiger partial charge >= 0.3 is 0 Å². The van der Waals surface area contributed by atoms with Crippen molar-refractivity contribution < 1.29 is 18.9 Å². The second kappa shape index (κ2) is 3.03. The molecule has 0 amide bonds. The van der Waals surface area contributed by atoms with Crippen LogP contribution < -0.4 is 0 Å². The van der Waals surface area contributed by atoms with Crippen molar-refractivity contribution in [3.8, 4) is 0 Å². The predicted octanol–water partition coefficient (Wildman–Crippen LogP) is 0.678. The molecule has 0 aromatic carbocycles. The lowest BCUT2D eigenvalue weighted by Crippen LogP contribution is -2.51. The molecule has 0 radical (unpaired) electrons. The van der Waals surface area contributed by atoms with Crippen molar-refractivity contribution in [2.45, 2.75) is 28.5 Å². The zero-order valence-electron chi connectivity index (χ0n) is 7.07. The number of alkyl halides is 1. The molecule has 3 aliphatic heterocycles. The number of fused-ring (bicyclic) bond motifs is 3. The van der Waals surface area contributed by atoms with Crippen molar-refractivity contribution in [1.82, 2.24) is 0 Å². The first-order chi connectivity index (χ1) is 6.30. The van der Waals surface area contributed by atoms with Crippen LogP contribution >= 0.6 is 22.6 Å². The van der Waals surface area contributed by atoms with E-state index in [1.807, 2.05) is 0 Å². The fourth-order valence-electron chi connectivity index (χ4n) is 2.06. The van der Waals surface area contributed by atoms with Gasteiger partial charge in [0.15, 0.2) is 0 Å². The maximum Gasteiger partial charge on any atom is 0.221 e. The molecule has 3 rings (SSSR count). The molecule has 3 atom stereocenters. The normalized spacial score (nSPS) is 47.3. The molecular formula is C8H11IO4. The summed E-state index contributed by atoms with van der Waals surface area (Å²) < 4.78 is 22.8. The van der Waals surface area contributed by atoms with Crippen LogP contribution in [0.4, 0.5) is 0 Å². The summed E-state index contributed by atoms with van der Waals surface area (Å²) in [5.74, 6) is -0.598. The van der Waals surface area contributed by atoms with Crippen LogP contribution in [0.1, 0.15) is 6.42 Å². The molecule has 0 aromatic rings. The maximum absolute atomic E-state index is 5.67. The molecule has 4 nitrogen and oxygen atoms in total. The predicted molar refractivity (Wildman–Crippen MR) is 51.7 cm³/mol. The van der Waals surface area contributed by atoms with Gasteiger partial charge in [0.05, 0.1) is 25.9 Å². The minimum atomic E-state index is -0.598. The Kier molecular flexibility index (Phi) is 2.06. The molecule has 3 aliphatic rings. The van der Waals surface area contributed by atoms with Gasteiger partial charge in [0.25, 0.3) is 0 Å². The Bertz CT molecular complexity index is 216. The summed E-state index contributed by atoms with van der Waals surface area (Å²) in [6.45, 7) is 1.97. The van der Waals surface area contributed by atoms with Gasteiger partial charge in [-0.1, -0.05) is 22.6 Å². The Hall–Kier alpha value is 0.570. The zero-order valence-corrected chi connectivity index (χ0v) is 9.23. The van der Waals surface area contributed by atoms with Crippen molar-refractivity contribution in [2.75, 3.05) is 19.8 Å². The number of hydrogen-bond donors (Lipinski definition) is 0. The largest absolute Gasteiger partial charge is 0.345 e. The van der Waals surface area contributed by atoms with Crippen LogP contribution in [-0.2, 0) is 18.9 Å². The molecule has 13 heavy (non-hydrogen) atoms. The smallest absolute Gasteiger partial charge is 0.221 e. The fourth-order valence-corrected chi connectivity index (χ4v) is 3.05. The van der Waals surface area contributed by atoms with E-state index >= 15 is 0 Å². The third-order valence-electron chi connectivity index (χ3n) is 2.73. The molecule has 2 bridgehead atoms. The van der Waals surface area contributed by atoms with Crippen LogP contribution in [0.3, 0.4) is 0 Å². The average molecular weight is 298 g/mol. The van der Waals surface area contributed by atoms with Gasteiger partial charge < -0.3 is 18.9 Å². The highest BCUT2D eigenvalue weighted by Crippen LogP contribution is 2.43. The van der Waals surface area contributed by atoms with Gasteiger partial charge in [-0.05, 0) is 0 Å². The summed E-state index contributed by atoms with van der Waals surface area (Å²) >= 11 is 2.38. The van der Waals surface area contributed by atoms with E-state index in [0.717, 1.165) is 6.42 Å². The van der Waals surface area contributed by atoms with Crippen LogP contribution in [0.5, 0.6) is 0 Å². The molecule has 0 aromatic heterocycles. The van der Waals surface area contributed by atoms with E-state index in [2.05, 4.69) is 22.6 Å². The van der Waals surface area contributed by atoms with E-state index in [4.69, 9.17) is 18.9 Å². The van der Waals surface area contributed by atoms with Crippen molar-refractivity contribution in [3.63, 3.8) is 0 Å². The van der Waals surface area contributed by atoms with Crippen LogP contribution in [0.15, 0.2) is 0 Å². The summed E-state index contributed by atoms with van der Waals surface area (Å²) in [5.41, 5.74) is 0. The number of rotatable bonds is 0. The highest BCUT2D eigenvalue weighted by atomic mass is 127. The van der Waals surface area contributed by atoms with E-state index in [1.165, 1.54) is 0 Å². The van der Waals surface area contributed by atoms with Crippen molar-refractivity contribution >= 4 is 22.6 Å². The SMILES string of the molecule is I[C@@H]1CC2(OCCO2)[C@@H]2OC[C@H]1O2. The number of hydrogen-bond acceptors (Lipinski definition) is 4. The van der Waals surface area contributed by atoms with E-state index in [0.29, 0.717) is 23.7 Å². The highest BCUT2D eigenvalue weighted by Gasteiger charge is 2.56. The molecule has 3 saturated heterocycles. The summed E-state index contributed by atoms with van der Waals surface area (Å²) in [4.78, 5) is 0. The monoisotopic (exact) mass is 298 g/mol. The van der Waals surface area contributed by atoms with Crippen LogP contribution in [0.2, 0.25) is 0 Å². The summed E-state index contributed by atoms with van der Waals surface area (Å²) in [6.07, 6.45) is 0.804. The summed E-state index contributed by atoms with van der Waals surface area (Å²) in [6, 6.07) is 0. The van der Waals surface area contributed by atoms with Crippen molar-refractivity contribution in [3.05, 3.63) is 0 Å².